The summed E-state index contributed by atoms with van der Waals surface area (Å²) in [7, 11) is 0. The fraction of sp³-hybridized carbons (Fsp3) is 0.200. The van der Waals surface area contributed by atoms with E-state index in [0.717, 1.165) is 21.5 Å². The summed E-state index contributed by atoms with van der Waals surface area (Å²) in [5.41, 5.74) is 4.56. The number of thiophene rings is 1. The lowest BCUT2D eigenvalue weighted by atomic mass is 9.99. The second-order valence-corrected chi connectivity index (χ2v) is 6.24. The topological polar surface area (TPSA) is 25.8 Å². The van der Waals surface area contributed by atoms with Gasteiger partial charge in [-0.25, -0.2) is 9.97 Å². The number of rotatable bonds is 1. The van der Waals surface area contributed by atoms with Crippen LogP contribution in [0.4, 0.5) is 0 Å². The Balaban J connectivity index is 2.38. The van der Waals surface area contributed by atoms with Crippen LogP contribution < -0.4 is 0 Å². The Bertz CT molecular complexity index is 777. The van der Waals surface area contributed by atoms with Crippen molar-refractivity contribution in [1.29, 1.82) is 0 Å². The van der Waals surface area contributed by atoms with Gasteiger partial charge in [-0.2, -0.15) is 0 Å². The lowest BCUT2D eigenvalue weighted by molar-refractivity contribution is 1.22. The fourth-order valence-corrected chi connectivity index (χ4v) is 3.33. The third kappa shape index (κ3) is 2.13. The van der Waals surface area contributed by atoms with Crippen LogP contribution in [0.15, 0.2) is 24.3 Å². The molecule has 0 N–H and O–H groups in total. The van der Waals surface area contributed by atoms with Gasteiger partial charge in [0.2, 0.25) is 5.28 Å². The summed E-state index contributed by atoms with van der Waals surface area (Å²) in [6.45, 7) is 6.30. The Morgan fingerprint density at radius 1 is 1.11 bits per heavy atom. The van der Waals surface area contributed by atoms with E-state index in [-0.39, 0.29) is 0 Å². The van der Waals surface area contributed by atoms with E-state index in [1.54, 1.807) is 11.3 Å². The third-order valence-electron chi connectivity index (χ3n) is 3.35. The van der Waals surface area contributed by atoms with Crippen LogP contribution in [0.1, 0.15) is 16.0 Å². The molecule has 2 heterocycles. The molecule has 0 radical (unpaired) electrons. The highest BCUT2D eigenvalue weighted by molar-refractivity contribution is 7.18. The second-order valence-electron chi connectivity index (χ2n) is 4.66. The molecule has 0 spiro atoms. The van der Waals surface area contributed by atoms with E-state index in [4.69, 9.17) is 11.6 Å². The van der Waals surface area contributed by atoms with Crippen molar-refractivity contribution in [3.63, 3.8) is 0 Å². The first-order valence-electron chi connectivity index (χ1n) is 6.06. The van der Waals surface area contributed by atoms with E-state index >= 15 is 0 Å². The Morgan fingerprint density at radius 2 is 1.89 bits per heavy atom. The zero-order valence-corrected chi connectivity index (χ0v) is 12.6. The number of aryl methyl sites for hydroxylation is 2. The maximum absolute atomic E-state index is 6.06. The van der Waals surface area contributed by atoms with Crippen LogP contribution in [-0.4, -0.2) is 9.97 Å². The van der Waals surface area contributed by atoms with Gasteiger partial charge < -0.3 is 0 Å². The van der Waals surface area contributed by atoms with Crippen molar-refractivity contribution in [1.82, 2.24) is 9.97 Å². The fourth-order valence-electron chi connectivity index (χ4n) is 2.23. The molecule has 0 fully saturated rings. The first-order valence-corrected chi connectivity index (χ1v) is 7.26. The lowest BCUT2D eigenvalue weighted by Gasteiger charge is -2.09. The number of hydrogen-bond donors (Lipinski definition) is 0. The number of halogens is 1. The Labute approximate surface area is 121 Å². The van der Waals surface area contributed by atoms with Gasteiger partial charge in [0.1, 0.15) is 4.83 Å². The van der Waals surface area contributed by atoms with E-state index in [0.29, 0.717) is 5.28 Å². The highest BCUT2D eigenvalue weighted by Crippen LogP contribution is 2.34. The average molecular weight is 289 g/mol. The minimum atomic E-state index is 0.310. The summed E-state index contributed by atoms with van der Waals surface area (Å²) in [5, 5.41) is 1.39. The average Bonchev–Trinajstić information content (AvgIpc) is 2.72. The molecule has 0 aliphatic heterocycles. The molecule has 0 atom stereocenters. The van der Waals surface area contributed by atoms with Crippen LogP contribution in [0.3, 0.4) is 0 Å². The summed E-state index contributed by atoms with van der Waals surface area (Å²) >= 11 is 7.71. The van der Waals surface area contributed by atoms with Crippen molar-refractivity contribution in [2.24, 2.45) is 0 Å². The van der Waals surface area contributed by atoms with E-state index in [1.807, 2.05) is 0 Å². The first kappa shape index (κ1) is 12.6. The highest BCUT2D eigenvalue weighted by atomic mass is 35.5. The molecule has 0 saturated carbocycles. The van der Waals surface area contributed by atoms with Gasteiger partial charge >= 0.3 is 0 Å². The largest absolute Gasteiger partial charge is 0.224 e. The zero-order valence-electron chi connectivity index (χ0n) is 11.0. The SMILES string of the molecule is Cc1cc2c(-c3cccc(C)c3C)nc(Cl)nc2s1. The van der Waals surface area contributed by atoms with Crippen molar-refractivity contribution in [2.75, 3.05) is 0 Å². The van der Waals surface area contributed by atoms with Crippen molar-refractivity contribution >= 4 is 33.2 Å². The van der Waals surface area contributed by atoms with Gasteiger partial charge in [0.15, 0.2) is 0 Å². The molecule has 0 bridgehead atoms. The molecule has 4 heteroatoms. The summed E-state index contributed by atoms with van der Waals surface area (Å²) < 4.78 is 0. The molecular weight excluding hydrogens is 276 g/mol. The molecule has 2 nitrogen and oxygen atoms in total. The van der Waals surface area contributed by atoms with Gasteiger partial charge in [-0.05, 0) is 49.6 Å². The van der Waals surface area contributed by atoms with E-state index in [9.17, 15) is 0 Å². The second kappa shape index (κ2) is 4.58. The van der Waals surface area contributed by atoms with Crippen molar-refractivity contribution < 1.29 is 0 Å². The summed E-state index contributed by atoms with van der Waals surface area (Å²) in [6, 6.07) is 8.39. The van der Waals surface area contributed by atoms with Crippen molar-refractivity contribution in [2.45, 2.75) is 20.8 Å². The van der Waals surface area contributed by atoms with Gasteiger partial charge in [-0.3, -0.25) is 0 Å². The zero-order chi connectivity index (χ0) is 13.6. The standard InChI is InChI=1S/C15H13ClN2S/c1-8-5-4-6-11(10(8)3)13-12-7-9(2)19-14(12)18-15(16)17-13/h4-7H,1-3H3. The van der Waals surface area contributed by atoms with Crippen LogP contribution in [0, 0.1) is 20.8 Å². The van der Waals surface area contributed by atoms with Gasteiger partial charge in [-0.15, -0.1) is 11.3 Å². The van der Waals surface area contributed by atoms with Crippen LogP contribution in [0.25, 0.3) is 21.5 Å². The van der Waals surface area contributed by atoms with Gasteiger partial charge in [0.25, 0.3) is 0 Å². The summed E-state index contributed by atoms with van der Waals surface area (Å²) in [5.74, 6) is 0. The highest BCUT2D eigenvalue weighted by Gasteiger charge is 2.13. The molecule has 1 aromatic carbocycles. The molecule has 0 unspecified atom stereocenters. The monoisotopic (exact) mass is 288 g/mol. The number of nitrogens with zero attached hydrogens (tertiary/aromatic N) is 2. The third-order valence-corrected chi connectivity index (χ3v) is 4.46. The normalized spacial score (nSPS) is 11.2. The molecule has 0 amide bonds. The predicted molar refractivity (Wildman–Crippen MR) is 82.1 cm³/mol. The van der Waals surface area contributed by atoms with Crippen molar-refractivity contribution in [3.05, 3.63) is 45.6 Å². The summed E-state index contributed by atoms with van der Waals surface area (Å²) in [6.07, 6.45) is 0. The molecule has 2 aromatic heterocycles. The first-order chi connectivity index (χ1) is 9.06. The minimum Gasteiger partial charge on any atom is -0.217 e. The molecule has 3 aromatic rings. The molecule has 3 rings (SSSR count). The summed E-state index contributed by atoms with van der Waals surface area (Å²) in [4.78, 5) is 10.9. The molecular formula is C15H13ClN2S. The number of benzene rings is 1. The van der Waals surface area contributed by atoms with Gasteiger partial charge in [-0.1, -0.05) is 18.2 Å². The Kier molecular flexibility index (Phi) is 3.03. The van der Waals surface area contributed by atoms with Gasteiger partial charge in [0.05, 0.1) is 5.69 Å². The Morgan fingerprint density at radius 3 is 2.68 bits per heavy atom. The Hall–Kier alpha value is -1.45. The molecule has 96 valence electrons. The number of fused-ring (bicyclic) bond motifs is 1. The van der Waals surface area contributed by atoms with E-state index in [1.165, 1.54) is 16.0 Å². The minimum absolute atomic E-state index is 0.310. The van der Waals surface area contributed by atoms with Crippen molar-refractivity contribution in [3.8, 4) is 11.3 Å². The maximum atomic E-state index is 6.06. The lowest BCUT2D eigenvalue weighted by Crippen LogP contribution is -1.92. The molecule has 0 saturated heterocycles. The number of hydrogen-bond acceptors (Lipinski definition) is 3. The van der Waals surface area contributed by atoms with Crippen LogP contribution in [0.2, 0.25) is 5.28 Å². The quantitative estimate of drug-likeness (QED) is 0.593. The number of aromatic nitrogens is 2. The van der Waals surface area contributed by atoms with E-state index < -0.39 is 0 Å². The molecule has 19 heavy (non-hydrogen) atoms. The van der Waals surface area contributed by atoms with Crippen LogP contribution in [-0.2, 0) is 0 Å². The van der Waals surface area contributed by atoms with Gasteiger partial charge in [0, 0.05) is 15.8 Å². The van der Waals surface area contributed by atoms with Crippen LogP contribution >= 0.6 is 22.9 Å². The smallest absolute Gasteiger partial charge is 0.217 e. The predicted octanol–water partition coefficient (Wildman–Crippen LogP) is 4.94. The maximum Gasteiger partial charge on any atom is 0.224 e. The molecule has 0 aliphatic carbocycles. The van der Waals surface area contributed by atoms with Crippen LogP contribution in [0.5, 0.6) is 0 Å². The van der Waals surface area contributed by atoms with E-state index in [2.05, 4.69) is 55.0 Å². The molecule has 0 aliphatic rings.